The van der Waals surface area contributed by atoms with Crippen LogP contribution in [0.15, 0.2) is 30.3 Å². The van der Waals surface area contributed by atoms with Gasteiger partial charge in [-0.1, -0.05) is 30.3 Å². The number of benzene rings is 1. The van der Waals surface area contributed by atoms with Crippen LogP contribution in [0.25, 0.3) is 0 Å². The fourth-order valence-corrected chi connectivity index (χ4v) is 1.85. The van der Waals surface area contributed by atoms with Crippen molar-refractivity contribution in [2.45, 2.75) is 25.8 Å². The average molecular weight is 292 g/mol. The Morgan fingerprint density at radius 3 is 2.43 bits per heavy atom. The molecule has 6 nitrogen and oxygen atoms in total. The maximum absolute atomic E-state index is 11.9. The highest BCUT2D eigenvalue weighted by atomic mass is 16.5. The third-order valence-corrected chi connectivity index (χ3v) is 2.85. The first-order chi connectivity index (χ1) is 10.0. The Bertz CT molecular complexity index is 488. The van der Waals surface area contributed by atoms with Crippen molar-refractivity contribution in [1.29, 1.82) is 0 Å². The lowest BCUT2D eigenvalue weighted by atomic mass is 10.0. The standard InChI is InChI=1S/C15H20N2O4/c1-11(18)17-13(12-6-4-3-5-7-12)10-14(19)16-9-8-15(20)21-2/h3-7,13H,8-10H2,1-2H3,(H,16,19)(H,17,18). The summed E-state index contributed by atoms with van der Waals surface area (Å²) >= 11 is 0. The smallest absolute Gasteiger partial charge is 0.307 e. The van der Waals surface area contributed by atoms with E-state index in [0.717, 1.165) is 5.56 Å². The quantitative estimate of drug-likeness (QED) is 0.732. The summed E-state index contributed by atoms with van der Waals surface area (Å²) in [4.78, 5) is 34.1. The van der Waals surface area contributed by atoms with Crippen LogP contribution < -0.4 is 10.6 Å². The van der Waals surface area contributed by atoms with E-state index in [2.05, 4.69) is 15.4 Å². The lowest BCUT2D eigenvalue weighted by Crippen LogP contribution is -2.33. The lowest BCUT2D eigenvalue weighted by molar-refractivity contribution is -0.140. The van der Waals surface area contributed by atoms with Gasteiger partial charge in [0.25, 0.3) is 0 Å². The number of nitrogens with one attached hydrogen (secondary N) is 2. The molecule has 0 fully saturated rings. The second-order valence-corrected chi connectivity index (χ2v) is 4.54. The van der Waals surface area contributed by atoms with Crippen LogP contribution in [0.1, 0.15) is 31.4 Å². The van der Waals surface area contributed by atoms with E-state index in [1.807, 2.05) is 30.3 Å². The molecule has 0 aromatic heterocycles. The first-order valence-corrected chi connectivity index (χ1v) is 6.68. The number of carbonyl (C=O) groups excluding carboxylic acids is 3. The maximum atomic E-state index is 11.9. The van der Waals surface area contributed by atoms with Gasteiger partial charge < -0.3 is 15.4 Å². The van der Waals surface area contributed by atoms with E-state index in [0.29, 0.717) is 0 Å². The summed E-state index contributed by atoms with van der Waals surface area (Å²) in [5.41, 5.74) is 0.857. The minimum atomic E-state index is -0.387. The zero-order valence-corrected chi connectivity index (χ0v) is 12.2. The molecule has 0 radical (unpaired) electrons. The molecular formula is C15H20N2O4. The molecule has 0 saturated heterocycles. The highest BCUT2D eigenvalue weighted by Gasteiger charge is 2.16. The van der Waals surface area contributed by atoms with Crippen LogP contribution in [0, 0.1) is 0 Å². The zero-order valence-electron chi connectivity index (χ0n) is 12.2. The van der Waals surface area contributed by atoms with Gasteiger partial charge in [-0.3, -0.25) is 14.4 Å². The number of methoxy groups -OCH3 is 1. The summed E-state index contributed by atoms with van der Waals surface area (Å²) in [5.74, 6) is -0.815. The summed E-state index contributed by atoms with van der Waals surface area (Å²) in [6, 6.07) is 8.87. The largest absolute Gasteiger partial charge is 0.469 e. The molecule has 1 rings (SSSR count). The van der Waals surface area contributed by atoms with Crippen LogP contribution in [0.2, 0.25) is 0 Å². The molecule has 0 bridgehead atoms. The minimum absolute atomic E-state index is 0.116. The van der Waals surface area contributed by atoms with Crippen molar-refractivity contribution in [2.75, 3.05) is 13.7 Å². The molecule has 2 amide bonds. The molecule has 114 valence electrons. The van der Waals surface area contributed by atoms with Crippen molar-refractivity contribution in [3.63, 3.8) is 0 Å². The highest BCUT2D eigenvalue weighted by molar-refractivity contribution is 5.79. The monoisotopic (exact) mass is 292 g/mol. The van der Waals surface area contributed by atoms with E-state index in [-0.39, 0.29) is 43.2 Å². The van der Waals surface area contributed by atoms with Gasteiger partial charge in [0.15, 0.2) is 0 Å². The van der Waals surface area contributed by atoms with Gasteiger partial charge in [-0.15, -0.1) is 0 Å². The van der Waals surface area contributed by atoms with E-state index >= 15 is 0 Å². The van der Waals surface area contributed by atoms with Crippen molar-refractivity contribution in [3.05, 3.63) is 35.9 Å². The van der Waals surface area contributed by atoms with E-state index in [4.69, 9.17) is 0 Å². The van der Waals surface area contributed by atoms with Gasteiger partial charge in [0.05, 0.1) is 26.0 Å². The summed E-state index contributed by atoms with van der Waals surface area (Å²) in [6.07, 6.45) is 0.239. The van der Waals surface area contributed by atoms with Gasteiger partial charge in [-0.2, -0.15) is 0 Å². The zero-order chi connectivity index (χ0) is 15.7. The maximum Gasteiger partial charge on any atom is 0.307 e. The van der Waals surface area contributed by atoms with Gasteiger partial charge >= 0.3 is 5.97 Å². The first kappa shape index (κ1) is 16.7. The molecule has 1 unspecified atom stereocenters. The summed E-state index contributed by atoms with van der Waals surface area (Å²) in [7, 11) is 1.30. The predicted molar refractivity (Wildman–Crippen MR) is 77.3 cm³/mol. The summed E-state index contributed by atoms with van der Waals surface area (Å²) < 4.78 is 4.49. The third-order valence-electron chi connectivity index (χ3n) is 2.85. The Labute approximate surface area is 123 Å². The molecule has 0 saturated carbocycles. The number of hydrogen-bond acceptors (Lipinski definition) is 4. The topological polar surface area (TPSA) is 84.5 Å². The van der Waals surface area contributed by atoms with Crippen LogP contribution in [-0.4, -0.2) is 31.4 Å². The summed E-state index contributed by atoms with van der Waals surface area (Å²) in [5, 5.41) is 5.38. The SMILES string of the molecule is COC(=O)CCNC(=O)CC(NC(C)=O)c1ccccc1. The van der Waals surface area contributed by atoms with E-state index in [9.17, 15) is 14.4 Å². The summed E-state index contributed by atoms with van der Waals surface area (Å²) in [6.45, 7) is 1.62. The molecule has 6 heteroatoms. The predicted octanol–water partition coefficient (Wildman–Crippen LogP) is 0.933. The normalized spacial score (nSPS) is 11.3. The van der Waals surface area contributed by atoms with E-state index in [1.54, 1.807) is 0 Å². The molecule has 0 spiro atoms. The molecule has 1 aromatic carbocycles. The Morgan fingerprint density at radius 1 is 1.19 bits per heavy atom. The third kappa shape index (κ3) is 6.56. The number of rotatable bonds is 7. The molecule has 0 aliphatic rings. The fraction of sp³-hybridized carbons (Fsp3) is 0.400. The molecule has 0 heterocycles. The van der Waals surface area contributed by atoms with Crippen molar-refractivity contribution in [3.8, 4) is 0 Å². The Kier molecular flexibility index (Phi) is 6.94. The fourth-order valence-electron chi connectivity index (χ4n) is 1.85. The lowest BCUT2D eigenvalue weighted by Gasteiger charge is -2.18. The second-order valence-electron chi connectivity index (χ2n) is 4.54. The van der Waals surface area contributed by atoms with Crippen LogP contribution in [0.5, 0.6) is 0 Å². The Balaban J connectivity index is 2.55. The van der Waals surface area contributed by atoms with E-state index < -0.39 is 0 Å². The number of ether oxygens (including phenoxy) is 1. The molecule has 21 heavy (non-hydrogen) atoms. The van der Waals surface area contributed by atoms with Crippen LogP contribution in [-0.2, 0) is 19.1 Å². The molecule has 1 atom stereocenters. The first-order valence-electron chi connectivity index (χ1n) is 6.68. The van der Waals surface area contributed by atoms with Gasteiger partial charge in [0.1, 0.15) is 0 Å². The van der Waals surface area contributed by atoms with Gasteiger partial charge in [0.2, 0.25) is 11.8 Å². The van der Waals surface area contributed by atoms with Gasteiger partial charge in [-0.25, -0.2) is 0 Å². The number of amides is 2. The second kappa shape index (κ2) is 8.73. The van der Waals surface area contributed by atoms with Crippen molar-refractivity contribution >= 4 is 17.8 Å². The molecule has 1 aromatic rings. The van der Waals surface area contributed by atoms with Crippen LogP contribution in [0.4, 0.5) is 0 Å². The van der Waals surface area contributed by atoms with Crippen LogP contribution in [0.3, 0.4) is 0 Å². The van der Waals surface area contributed by atoms with Crippen LogP contribution >= 0.6 is 0 Å². The number of hydrogen-bond donors (Lipinski definition) is 2. The van der Waals surface area contributed by atoms with Crippen molar-refractivity contribution in [1.82, 2.24) is 10.6 Å². The van der Waals surface area contributed by atoms with Gasteiger partial charge in [-0.05, 0) is 5.56 Å². The minimum Gasteiger partial charge on any atom is -0.469 e. The van der Waals surface area contributed by atoms with Crippen molar-refractivity contribution < 1.29 is 19.1 Å². The Morgan fingerprint density at radius 2 is 1.86 bits per heavy atom. The van der Waals surface area contributed by atoms with Gasteiger partial charge in [0, 0.05) is 13.5 Å². The highest BCUT2D eigenvalue weighted by Crippen LogP contribution is 2.16. The average Bonchev–Trinajstić information content (AvgIpc) is 2.46. The molecule has 2 N–H and O–H groups in total. The molecule has 0 aliphatic carbocycles. The van der Waals surface area contributed by atoms with E-state index in [1.165, 1.54) is 14.0 Å². The number of esters is 1. The Hall–Kier alpha value is -2.37. The number of carbonyl (C=O) groups is 3. The molecule has 0 aliphatic heterocycles. The van der Waals surface area contributed by atoms with Crippen molar-refractivity contribution in [2.24, 2.45) is 0 Å². The molecular weight excluding hydrogens is 272 g/mol.